The van der Waals surface area contributed by atoms with Crippen LogP contribution < -0.4 is 5.56 Å². The van der Waals surface area contributed by atoms with Crippen molar-refractivity contribution < 1.29 is 0 Å². The molecule has 19 heavy (non-hydrogen) atoms. The average Bonchev–Trinajstić information content (AvgIpc) is 2.82. The van der Waals surface area contributed by atoms with E-state index in [4.69, 9.17) is 11.6 Å². The molecule has 1 aromatic carbocycles. The predicted octanol–water partition coefficient (Wildman–Crippen LogP) is 2.88. The molecule has 3 rings (SSSR count). The van der Waals surface area contributed by atoms with Crippen LogP contribution in [0, 0.1) is 0 Å². The van der Waals surface area contributed by atoms with Gasteiger partial charge in [0.1, 0.15) is 0 Å². The van der Waals surface area contributed by atoms with E-state index in [9.17, 15) is 4.79 Å². The molecule has 2 heterocycles. The van der Waals surface area contributed by atoms with Crippen molar-refractivity contribution in [2.45, 2.75) is 0 Å². The number of hydrogen-bond donors (Lipinski definition) is 1. The maximum Gasteiger partial charge on any atom is 0.273 e. The summed E-state index contributed by atoms with van der Waals surface area (Å²) in [5.41, 5.74) is 1.41. The molecule has 3 aromatic rings. The number of pyridine rings is 1. The number of aromatic amines is 1. The van der Waals surface area contributed by atoms with Gasteiger partial charge in [-0.25, -0.2) is 9.67 Å². The number of H-pyrrole nitrogens is 1. The van der Waals surface area contributed by atoms with E-state index in [1.807, 2.05) is 18.2 Å². The number of nitrogens with zero attached hydrogens (tertiary/aromatic N) is 2. The lowest BCUT2D eigenvalue weighted by Gasteiger charge is -2.01. The predicted molar refractivity (Wildman–Crippen MR) is 74.6 cm³/mol. The smallest absolute Gasteiger partial charge is 0.273 e. The van der Waals surface area contributed by atoms with Gasteiger partial charge < -0.3 is 0 Å². The van der Waals surface area contributed by atoms with Crippen LogP contribution in [0.25, 0.3) is 17.1 Å². The zero-order chi connectivity index (χ0) is 13.2. The Morgan fingerprint density at radius 2 is 2.00 bits per heavy atom. The molecule has 0 saturated heterocycles. The molecule has 0 amide bonds. The van der Waals surface area contributed by atoms with Crippen molar-refractivity contribution in [1.29, 1.82) is 0 Å². The van der Waals surface area contributed by atoms with Gasteiger partial charge in [-0.1, -0.05) is 29.8 Å². The molecule has 0 aliphatic carbocycles. The van der Waals surface area contributed by atoms with Gasteiger partial charge in [0.05, 0.1) is 5.69 Å². The summed E-state index contributed by atoms with van der Waals surface area (Å²) in [5, 5.41) is 3.65. The molecular formula is C14H10ClN3O. The lowest BCUT2D eigenvalue weighted by molar-refractivity contribution is 0.822. The molecule has 0 unspecified atom stereocenters. The molecule has 0 radical (unpaired) electrons. The minimum absolute atomic E-state index is 0.159. The van der Waals surface area contributed by atoms with Crippen molar-refractivity contribution in [3.63, 3.8) is 0 Å². The lowest BCUT2D eigenvalue weighted by Crippen LogP contribution is -2.14. The van der Waals surface area contributed by atoms with Crippen LogP contribution in [0.2, 0.25) is 5.02 Å². The van der Waals surface area contributed by atoms with E-state index in [1.54, 1.807) is 30.5 Å². The second kappa shape index (κ2) is 4.74. The first-order chi connectivity index (χ1) is 9.24. The molecule has 5 heteroatoms. The van der Waals surface area contributed by atoms with Gasteiger partial charge in [-0.2, -0.15) is 0 Å². The second-order valence-electron chi connectivity index (χ2n) is 4.04. The minimum atomic E-state index is -0.159. The van der Waals surface area contributed by atoms with Crippen LogP contribution in [-0.2, 0) is 0 Å². The van der Waals surface area contributed by atoms with Crippen LogP contribution in [0.3, 0.4) is 0 Å². The van der Waals surface area contributed by atoms with Crippen LogP contribution in [0.5, 0.6) is 0 Å². The van der Waals surface area contributed by atoms with Crippen LogP contribution in [0.4, 0.5) is 0 Å². The maximum absolute atomic E-state index is 12.0. The van der Waals surface area contributed by atoms with Gasteiger partial charge in [-0.05, 0) is 24.3 Å². The molecule has 1 N–H and O–H groups in total. The first-order valence-corrected chi connectivity index (χ1v) is 6.11. The van der Waals surface area contributed by atoms with E-state index in [-0.39, 0.29) is 5.56 Å². The Morgan fingerprint density at radius 3 is 2.74 bits per heavy atom. The fourth-order valence-corrected chi connectivity index (χ4v) is 2.05. The fourth-order valence-electron chi connectivity index (χ4n) is 1.86. The van der Waals surface area contributed by atoms with E-state index in [0.29, 0.717) is 16.5 Å². The molecule has 0 atom stereocenters. The summed E-state index contributed by atoms with van der Waals surface area (Å²) in [4.78, 5) is 16.1. The summed E-state index contributed by atoms with van der Waals surface area (Å²) < 4.78 is 1.40. The zero-order valence-corrected chi connectivity index (χ0v) is 10.6. The van der Waals surface area contributed by atoms with Crippen LogP contribution >= 0.6 is 11.6 Å². The molecule has 0 aliphatic rings. The van der Waals surface area contributed by atoms with Gasteiger partial charge in [-0.15, -0.1) is 0 Å². The summed E-state index contributed by atoms with van der Waals surface area (Å²) in [6.45, 7) is 0. The molecular weight excluding hydrogens is 262 g/mol. The molecule has 4 nitrogen and oxygen atoms in total. The fraction of sp³-hybridized carbons (Fsp3) is 0. The number of nitrogens with one attached hydrogen (secondary N) is 1. The number of hydrogen-bond acceptors (Lipinski definition) is 2. The highest BCUT2D eigenvalue weighted by Crippen LogP contribution is 2.20. The zero-order valence-electron chi connectivity index (χ0n) is 9.88. The third-order valence-corrected chi connectivity index (χ3v) is 2.97. The Bertz CT molecular complexity index is 762. The SMILES string of the molecule is O=c1cc(-c2cccc(Cl)c2)[nH]n1-c1ccccn1. The Hall–Kier alpha value is -2.33. The maximum atomic E-state index is 12.0. The number of aromatic nitrogens is 3. The molecule has 0 bridgehead atoms. The van der Waals surface area contributed by atoms with Gasteiger partial charge >= 0.3 is 0 Å². The van der Waals surface area contributed by atoms with Crippen molar-refractivity contribution in [3.8, 4) is 17.1 Å². The third-order valence-electron chi connectivity index (χ3n) is 2.73. The van der Waals surface area contributed by atoms with E-state index in [1.165, 1.54) is 10.7 Å². The largest absolute Gasteiger partial charge is 0.289 e. The summed E-state index contributed by atoms with van der Waals surface area (Å²) in [6.07, 6.45) is 1.64. The highest BCUT2D eigenvalue weighted by molar-refractivity contribution is 6.30. The molecule has 0 saturated carbocycles. The van der Waals surface area contributed by atoms with Gasteiger partial charge in [0.2, 0.25) is 0 Å². The average molecular weight is 272 g/mol. The number of halogens is 1. The third kappa shape index (κ3) is 2.30. The van der Waals surface area contributed by atoms with Crippen molar-refractivity contribution >= 4 is 11.6 Å². The molecule has 0 aliphatic heterocycles. The lowest BCUT2D eigenvalue weighted by atomic mass is 10.2. The monoisotopic (exact) mass is 271 g/mol. The van der Waals surface area contributed by atoms with Crippen molar-refractivity contribution in [2.75, 3.05) is 0 Å². The molecule has 0 fully saturated rings. The van der Waals surface area contributed by atoms with Crippen LogP contribution in [0.15, 0.2) is 59.5 Å². The molecule has 0 spiro atoms. The van der Waals surface area contributed by atoms with E-state index in [2.05, 4.69) is 10.1 Å². The molecule has 94 valence electrons. The highest BCUT2D eigenvalue weighted by atomic mass is 35.5. The van der Waals surface area contributed by atoms with Gasteiger partial charge in [0.15, 0.2) is 5.82 Å². The minimum Gasteiger partial charge on any atom is -0.289 e. The highest BCUT2D eigenvalue weighted by Gasteiger charge is 2.07. The molecule has 2 aromatic heterocycles. The van der Waals surface area contributed by atoms with Crippen molar-refractivity contribution in [1.82, 2.24) is 14.8 Å². The Labute approximate surface area is 114 Å². The van der Waals surface area contributed by atoms with E-state index < -0.39 is 0 Å². The first kappa shape index (κ1) is 11.7. The van der Waals surface area contributed by atoms with Gasteiger partial charge in [0, 0.05) is 22.8 Å². The van der Waals surface area contributed by atoms with Crippen molar-refractivity contribution in [3.05, 3.63) is 70.1 Å². The van der Waals surface area contributed by atoms with Crippen LogP contribution in [-0.4, -0.2) is 14.8 Å². The first-order valence-electron chi connectivity index (χ1n) is 5.73. The summed E-state index contributed by atoms with van der Waals surface area (Å²) in [5.74, 6) is 0.556. The van der Waals surface area contributed by atoms with Gasteiger partial charge in [-0.3, -0.25) is 9.89 Å². The standard InChI is InChI=1S/C14H10ClN3O/c15-11-5-3-4-10(8-11)12-9-14(19)18(17-12)13-6-1-2-7-16-13/h1-9,17H. The van der Waals surface area contributed by atoms with Crippen LogP contribution in [0.1, 0.15) is 0 Å². The number of benzene rings is 1. The summed E-state index contributed by atoms with van der Waals surface area (Å²) in [6, 6.07) is 14.2. The number of rotatable bonds is 2. The normalized spacial score (nSPS) is 10.6. The Balaban J connectivity index is 2.10. The van der Waals surface area contributed by atoms with E-state index in [0.717, 1.165) is 5.56 Å². The Morgan fingerprint density at radius 1 is 1.11 bits per heavy atom. The topological polar surface area (TPSA) is 50.7 Å². The van der Waals surface area contributed by atoms with E-state index >= 15 is 0 Å². The van der Waals surface area contributed by atoms with Gasteiger partial charge in [0.25, 0.3) is 5.56 Å². The second-order valence-corrected chi connectivity index (χ2v) is 4.48. The quantitative estimate of drug-likeness (QED) is 0.779. The van der Waals surface area contributed by atoms with Crippen molar-refractivity contribution in [2.24, 2.45) is 0 Å². The summed E-state index contributed by atoms with van der Waals surface area (Å²) in [7, 11) is 0. The summed E-state index contributed by atoms with van der Waals surface area (Å²) >= 11 is 5.95. The Kier molecular flexibility index (Phi) is 2.93.